The number of nitriles is 1. The van der Waals surface area contributed by atoms with Gasteiger partial charge in [0.25, 0.3) is 0 Å². The van der Waals surface area contributed by atoms with Gasteiger partial charge >= 0.3 is 12.2 Å². The van der Waals surface area contributed by atoms with Crippen LogP contribution in [0.2, 0.25) is 0 Å². The van der Waals surface area contributed by atoms with Crippen molar-refractivity contribution in [1.82, 2.24) is 15.1 Å². The van der Waals surface area contributed by atoms with Crippen molar-refractivity contribution in [3.8, 4) is 17.3 Å². The van der Waals surface area contributed by atoms with Crippen LogP contribution in [0.4, 0.5) is 29.5 Å². The Morgan fingerprint density at radius 2 is 1.64 bits per heavy atom. The van der Waals surface area contributed by atoms with Crippen LogP contribution in [0.1, 0.15) is 18.1 Å². The Balaban J connectivity index is 0.00000353. The first-order valence-electron chi connectivity index (χ1n) is 12.0. The summed E-state index contributed by atoms with van der Waals surface area (Å²) in [6.07, 6.45) is -4.41. The number of piperazine rings is 1. The van der Waals surface area contributed by atoms with Gasteiger partial charge in [0.05, 0.1) is 17.2 Å². The maximum absolute atomic E-state index is 13.0. The Hall–Kier alpha value is -4.36. The fourth-order valence-electron chi connectivity index (χ4n) is 4.63. The minimum Gasteiger partial charge on any atom is -0.351 e. The molecule has 3 aromatic carbocycles. The van der Waals surface area contributed by atoms with Crippen molar-refractivity contribution in [2.75, 3.05) is 29.9 Å². The van der Waals surface area contributed by atoms with Crippen LogP contribution in [0.15, 0.2) is 72.8 Å². The highest BCUT2D eigenvalue weighted by molar-refractivity contribution is 6.00. The molecule has 200 valence electrons. The molecule has 1 aliphatic heterocycles. The van der Waals surface area contributed by atoms with Crippen LogP contribution in [0, 0.1) is 11.3 Å². The van der Waals surface area contributed by atoms with Crippen LogP contribution < -0.4 is 10.2 Å². The predicted molar refractivity (Wildman–Crippen MR) is 146 cm³/mol. The lowest BCUT2D eigenvalue weighted by Crippen LogP contribution is -2.55. The van der Waals surface area contributed by atoms with E-state index < -0.39 is 11.7 Å². The van der Waals surface area contributed by atoms with Crippen LogP contribution in [0.25, 0.3) is 22.0 Å². The van der Waals surface area contributed by atoms with E-state index in [-0.39, 0.29) is 24.5 Å². The maximum atomic E-state index is 13.0. The third-order valence-electron chi connectivity index (χ3n) is 6.61. The number of aromatic nitrogens is 2. The van der Waals surface area contributed by atoms with E-state index in [2.05, 4.69) is 26.5 Å². The van der Waals surface area contributed by atoms with Crippen molar-refractivity contribution < 1.29 is 18.0 Å². The number of hydrogen-bond donors (Lipinski definition) is 1. The first kappa shape index (κ1) is 27.7. The highest BCUT2D eigenvalue weighted by Crippen LogP contribution is 2.34. The molecule has 11 heteroatoms. The standard InChI is InChI=1S/C28H23F3N6O.ClH/c1-18-17-36(14-15-37(18)27(38)33-22-12-6-19(16-32)7-13-22)26-24-5-3-2-4-23(24)25(34-35-26)20-8-10-21(11-9-20)28(29,30)31;/h2-13,18H,14-15,17H2,1H3,(H,33,38);1H/t18-;/m0./s1. The number of benzene rings is 3. The Morgan fingerprint density at radius 3 is 2.26 bits per heavy atom. The van der Waals surface area contributed by atoms with Crippen molar-refractivity contribution in [2.45, 2.75) is 19.1 Å². The van der Waals surface area contributed by atoms with E-state index in [1.165, 1.54) is 12.1 Å². The molecule has 0 bridgehead atoms. The number of amides is 2. The average molecular weight is 553 g/mol. The first-order valence-corrected chi connectivity index (χ1v) is 12.0. The lowest BCUT2D eigenvalue weighted by Gasteiger charge is -2.40. The van der Waals surface area contributed by atoms with Crippen LogP contribution >= 0.6 is 12.4 Å². The molecule has 4 aromatic rings. The van der Waals surface area contributed by atoms with E-state index in [9.17, 15) is 18.0 Å². The molecule has 1 fully saturated rings. The van der Waals surface area contributed by atoms with E-state index in [0.717, 1.165) is 22.9 Å². The molecule has 0 saturated carbocycles. The molecule has 1 atom stereocenters. The summed E-state index contributed by atoms with van der Waals surface area (Å²) < 4.78 is 39.0. The molecule has 2 heterocycles. The van der Waals surface area contributed by atoms with E-state index in [1.54, 1.807) is 29.2 Å². The topological polar surface area (TPSA) is 85.2 Å². The van der Waals surface area contributed by atoms with Gasteiger partial charge in [-0.1, -0.05) is 36.4 Å². The van der Waals surface area contributed by atoms with E-state index in [0.29, 0.717) is 48.0 Å². The number of alkyl halides is 3. The first-order chi connectivity index (χ1) is 18.2. The summed E-state index contributed by atoms with van der Waals surface area (Å²) in [5, 5.41) is 22.3. The van der Waals surface area contributed by atoms with E-state index >= 15 is 0 Å². The number of nitrogens with one attached hydrogen (secondary N) is 1. The number of urea groups is 1. The highest BCUT2D eigenvalue weighted by Gasteiger charge is 2.31. The fraction of sp³-hybridized carbons (Fsp3) is 0.214. The van der Waals surface area contributed by atoms with Gasteiger partial charge < -0.3 is 15.1 Å². The van der Waals surface area contributed by atoms with Gasteiger partial charge in [-0.25, -0.2) is 4.79 Å². The van der Waals surface area contributed by atoms with Gasteiger partial charge in [0.2, 0.25) is 0 Å². The molecular weight excluding hydrogens is 529 g/mol. The second-order valence-corrected chi connectivity index (χ2v) is 9.10. The lowest BCUT2D eigenvalue weighted by atomic mass is 10.0. The summed E-state index contributed by atoms with van der Waals surface area (Å²) in [7, 11) is 0. The average Bonchev–Trinajstić information content (AvgIpc) is 2.92. The number of fused-ring (bicyclic) bond motifs is 1. The van der Waals surface area contributed by atoms with Crippen LogP contribution in [-0.2, 0) is 6.18 Å². The molecular formula is C28H24ClF3N6O. The molecule has 0 spiro atoms. The van der Waals surface area contributed by atoms with Gasteiger partial charge in [-0.15, -0.1) is 22.6 Å². The number of rotatable bonds is 3. The molecule has 7 nitrogen and oxygen atoms in total. The molecule has 2 amide bonds. The minimum atomic E-state index is -4.41. The third-order valence-corrected chi connectivity index (χ3v) is 6.61. The smallest absolute Gasteiger partial charge is 0.351 e. The monoisotopic (exact) mass is 552 g/mol. The summed E-state index contributed by atoms with van der Waals surface area (Å²) in [5.74, 6) is 0.662. The molecule has 0 aliphatic carbocycles. The number of carbonyl (C=O) groups excluding carboxylic acids is 1. The summed E-state index contributed by atoms with van der Waals surface area (Å²) in [5.41, 5.74) is 1.46. The molecule has 1 aliphatic rings. The minimum absolute atomic E-state index is 0. The highest BCUT2D eigenvalue weighted by atomic mass is 35.5. The number of nitrogens with zero attached hydrogens (tertiary/aromatic N) is 5. The van der Waals surface area contributed by atoms with E-state index in [4.69, 9.17) is 5.26 Å². The molecule has 0 unspecified atom stereocenters. The van der Waals surface area contributed by atoms with Gasteiger partial charge in [0.1, 0.15) is 5.69 Å². The zero-order chi connectivity index (χ0) is 26.9. The van der Waals surface area contributed by atoms with Crippen molar-refractivity contribution in [3.05, 3.63) is 83.9 Å². The number of hydrogen-bond acceptors (Lipinski definition) is 5. The van der Waals surface area contributed by atoms with Crippen molar-refractivity contribution in [2.24, 2.45) is 0 Å². The lowest BCUT2D eigenvalue weighted by molar-refractivity contribution is -0.137. The Morgan fingerprint density at radius 1 is 0.974 bits per heavy atom. The van der Waals surface area contributed by atoms with Gasteiger partial charge in [0, 0.05) is 47.7 Å². The maximum Gasteiger partial charge on any atom is 0.416 e. The van der Waals surface area contributed by atoms with Gasteiger partial charge in [-0.05, 0) is 43.3 Å². The van der Waals surface area contributed by atoms with Gasteiger partial charge in [-0.3, -0.25) is 0 Å². The summed E-state index contributed by atoms with van der Waals surface area (Å²) in [6.45, 7) is 3.47. The summed E-state index contributed by atoms with van der Waals surface area (Å²) in [4.78, 5) is 16.7. The zero-order valence-corrected chi connectivity index (χ0v) is 21.6. The second kappa shape index (κ2) is 11.2. The van der Waals surface area contributed by atoms with Crippen LogP contribution in [-0.4, -0.2) is 46.8 Å². The molecule has 1 N–H and O–H groups in total. The Bertz CT molecular complexity index is 1520. The molecule has 5 rings (SSSR count). The third kappa shape index (κ3) is 5.73. The molecule has 39 heavy (non-hydrogen) atoms. The summed E-state index contributed by atoms with van der Waals surface area (Å²) >= 11 is 0. The zero-order valence-electron chi connectivity index (χ0n) is 20.8. The van der Waals surface area contributed by atoms with Crippen molar-refractivity contribution in [3.63, 3.8) is 0 Å². The van der Waals surface area contributed by atoms with E-state index in [1.807, 2.05) is 31.2 Å². The molecule has 0 radical (unpaired) electrons. The largest absolute Gasteiger partial charge is 0.416 e. The normalized spacial score (nSPS) is 15.4. The summed E-state index contributed by atoms with van der Waals surface area (Å²) in [6, 6.07) is 20.8. The molecule has 1 aromatic heterocycles. The molecule has 1 saturated heterocycles. The quantitative estimate of drug-likeness (QED) is 0.320. The Labute approximate surface area is 229 Å². The van der Waals surface area contributed by atoms with Crippen LogP contribution in [0.3, 0.4) is 0 Å². The van der Waals surface area contributed by atoms with Gasteiger partial charge in [-0.2, -0.15) is 18.4 Å². The number of carbonyl (C=O) groups is 1. The Kier molecular flexibility index (Phi) is 7.93. The van der Waals surface area contributed by atoms with Crippen molar-refractivity contribution in [1.29, 1.82) is 5.26 Å². The SMILES string of the molecule is C[C@H]1CN(c2nnc(-c3ccc(C(F)(F)F)cc3)c3ccccc23)CCN1C(=O)Nc1ccc(C#N)cc1.Cl. The van der Waals surface area contributed by atoms with Crippen molar-refractivity contribution >= 4 is 40.7 Å². The van der Waals surface area contributed by atoms with Gasteiger partial charge in [0.15, 0.2) is 5.82 Å². The predicted octanol–water partition coefficient (Wildman–Crippen LogP) is 6.35. The number of anilines is 2. The number of halogens is 4. The fourth-order valence-corrected chi connectivity index (χ4v) is 4.63. The van der Waals surface area contributed by atoms with Crippen LogP contribution in [0.5, 0.6) is 0 Å². The second-order valence-electron chi connectivity index (χ2n) is 9.10.